The van der Waals surface area contributed by atoms with Gasteiger partial charge in [-0.05, 0) is 43.2 Å². The Labute approximate surface area is 156 Å². The minimum Gasteiger partial charge on any atom is -0.321 e. The highest BCUT2D eigenvalue weighted by Gasteiger charge is 2.29. The molecule has 1 fully saturated rings. The molecule has 1 aliphatic rings. The first-order valence-electron chi connectivity index (χ1n) is 7.88. The number of carbonyl (C=O) groups excluding carboxylic acids is 1. The normalized spacial score (nSPS) is 18.9. The molecule has 132 valence electrons. The zero-order valence-corrected chi connectivity index (χ0v) is 16.0. The molecule has 0 aromatic heterocycles. The Bertz CT molecular complexity index is 912. The van der Waals surface area contributed by atoms with Crippen LogP contribution >= 0.6 is 23.4 Å². The monoisotopic (exact) mass is 395 g/mol. The number of anilines is 1. The van der Waals surface area contributed by atoms with Crippen LogP contribution in [0.2, 0.25) is 5.02 Å². The van der Waals surface area contributed by atoms with Gasteiger partial charge in [0.05, 0.1) is 27.8 Å². The molecule has 2 aromatic carbocycles. The number of thioether (sulfide) groups is 1. The van der Waals surface area contributed by atoms with Crippen molar-refractivity contribution in [2.24, 2.45) is 0 Å². The van der Waals surface area contributed by atoms with E-state index in [0.29, 0.717) is 22.7 Å². The van der Waals surface area contributed by atoms with Crippen molar-refractivity contribution in [3.63, 3.8) is 0 Å². The van der Waals surface area contributed by atoms with Gasteiger partial charge >= 0.3 is 0 Å². The van der Waals surface area contributed by atoms with Crippen molar-refractivity contribution in [3.8, 4) is 0 Å². The van der Waals surface area contributed by atoms with Gasteiger partial charge < -0.3 is 5.32 Å². The van der Waals surface area contributed by atoms with Crippen molar-refractivity contribution in [3.05, 3.63) is 58.6 Å². The second-order valence-electron chi connectivity index (χ2n) is 6.08. The fraction of sp³-hybridized carbons (Fsp3) is 0.278. The number of halogens is 1. The molecule has 4 nitrogen and oxygen atoms in total. The van der Waals surface area contributed by atoms with E-state index < -0.39 is 9.84 Å². The molecule has 7 heteroatoms. The Morgan fingerprint density at radius 2 is 2.00 bits per heavy atom. The molecule has 0 radical (unpaired) electrons. The molecule has 25 heavy (non-hydrogen) atoms. The largest absolute Gasteiger partial charge is 0.321 e. The van der Waals surface area contributed by atoms with E-state index in [1.54, 1.807) is 24.3 Å². The topological polar surface area (TPSA) is 63.2 Å². The summed E-state index contributed by atoms with van der Waals surface area (Å²) >= 11 is 7.64. The van der Waals surface area contributed by atoms with Crippen molar-refractivity contribution in [2.75, 3.05) is 16.8 Å². The highest BCUT2D eigenvalue weighted by molar-refractivity contribution is 8.02. The van der Waals surface area contributed by atoms with Crippen molar-refractivity contribution in [1.29, 1.82) is 0 Å². The van der Waals surface area contributed by atoms with Crippen LogP contribution in [0.25, 0.3) is 0 Å². The van der Waals surface area contributed by atoms with Crippen LogP contribution in [0.1, 0.15) is 22.3 Å². The van der Waals surface area contributed by atoms with Crippen LogP contribution in [0.15, 0.2) is 47.4 Å². The second kappa shape index (κ2) is 7.40. The van der Waals surface area contributed by atoms with E-state index in [-0.39, 0.29) is 22.7 Å². The summed E-state index contributed by atoms with van der Waals surface area (Å²) in [5.74, 6) is 0.129. The molecular weight excluding hydrogens is 378 g/mol. The van der Waals surface area contributed by atoms with Gasteiger partial charge in [-0.25, -0.2) is 8.42 Å². The van der Waals surface area contributed by atoms with Crippen molar-refractivity contribution in [1.82, 2.24) is 0 Å². The van der Waals surface area contributed by atoms with Gasteiger partial charge in [0.2, 0.25) is 0 Å². The summed E-state index contributed by atoms with van der Waals surface area (Å²) in [5.41, 5.74) is 2.09. The minimum atomic E-state index is -2.95. The first kappa shape index (κ1) is 18.3. The maximum absolute atomic E-state index is 12.7. The lowest BCUT2D eigenvalue weighted by molar-refractivity contribution is 0.102. The molecule has 1 atom stereocenters. The van der Waals surface area contributed by atoms with E-state index in [2.05, 4.69) is 5.32 Å². The first-order valence-corrected chi connectivity index (χ1v) is 11.0. The van der Waals surface area contributed by atoms with Crippen LogP contribution < -0.4 is 5.32 Å². The number of hydrogen-bond donors (Lipinski definition) is 1. The summed E-state index contributed by atoms with van der Waals surface area (Å²) < 4.78 is 23.3. The Morgan fingerprint density at radius 1 is 1.24 bits per heavy atom. The summed E-state index contributed by atoms with van der Waals surface area (Å²) in [7, 11) is -2.95. The van der Waals surface area contributed by atoms with Crippen LogP contribution in [-0.2, 0) is 9.84 Å². The van der Waals surface area contributed by atoms with E-state index in [1.165, 1.54) is 11.8 Å². The molecule has 2 aromatic rings. The highest BCUT2D eigenvalue weighted by Crippen LogP contribution is 2.33. The minimum absolute atomic E-state index is 0.0121. The summed E-state index contributed by atoms with van der Waals surface area (Å²) in [6.07, 6.45) is 0.618. The molecular formula is C18H18ClNO3S2. The van der Waals surface area contributed by atoms with Gasteiger partial charge in [-0.15, -0.1) is 11.8 Å². The van der Waals surface area contributed by atoms with Crippen molar-refractivity contribution >= 4 is 44.8 Å². The Hall–Kier alpha value is -1.50. The fourth-order valence-corrected chi connectivity index (χ4v) is 6.61. The second-order valence-corrected chi connectivity index (χ2v) is 10.1. The lowest BCUT2D eigenvalue weighted by Gasteiger charge is -2.13. The van der Waals surface area contributed by atoms with Gasteiger partial charge in [0.15, 0.2) is 9.84 Å². The average molecular weight is 396 g/mol. The third-order valence-electron chi connectivity index (χ3n) is 3.99. The van der Waals surface area contributed by atoms with Gasteiger partial charge in [-0.1, -0.05) is 29.8 Å². The number of amides is 1. The Balaban J connectivity index is 1.79. The summed E-state index contributed by atoms with van der Waals surface area (Å²) in [6.45, 7) is 1.93. The van der Waals surface area contributed by atoms with Gasteiger partial charge in [-0.3, -0.25) is 4.79 Å². The number of rotatable bonds is 4. The molecule has 1 heterocycles. The van der Waals surface area contributed by atoms with Crippen LogP contribution in [0.5, 0.6) is 0 Å². The Morgan fingerprint density at radius 3 is 2.68 bits per heavy atom. The van der Waals surface area contributed by atoms with E-state index in [1.807, 2.05) is 25.1 Å². The fourth-order valence-electron chi connectivity index (χ4n) is 2.70. The molecule has 1 N–H and O–H groups in total. The number of benzene rings is 2. The van der Waals surface area contributed by atoms with Crippen LogP contribution in [-0.4, -0.2) is 31.1 Å². The number of sulfone groups is 1. The predicted molar refractivity (Wildman–Crippen MR) is 104 cm³/mol. The SMILES string of the molecule is Cc1ccc(NC(=O)c2ccccc2S[C@H]2CCS(=O)(=O)C2)c(Cl)c1. The summed E-state index contributed by atoms with van der Waals surface area (Å²) in [5, 5.41) is 3.31. The van der Waals surface area contributed by atoms with Crippen LogP contribution in [0.3, 0.4) is 0 Å². The third-order valence-corrected chi connectivity index (χ3v) is 7.63. The average Bonchev–Trinajstić information content (AvgIpc) is 2.89. The van der Waals surface area contributed by atoms with Crippen LogP contribution in [0, 0.1) is 6.92 Å². The van der Waals surface area contributed by atoms with Gasteiger partial charge in [0, 0.05) is 10.1 Å². The van der Waals surface area contributed by atoms with E-state index in [4.69, 9.17) is 11.6 Å². The summed E-state index contributed by atoms with van der Waals surface area (Å²) in [4.78, 5) is 13.5. The zero-order chi connectivity index (χ0) is 18.0. The van der Waals surface area contributed by atoms with Gasteiger partial charge in [0.25, 0.3) is 5.91 Å². The Kier molecular flexibility index (Phi) is 5.41. The van der Waals surface area contributed by atoms with E-state index >= 15 is 0 Å². The standard InChI is InChI=1S/C18H18ClNO3S2/c1-12-6-7-16(15(19)10-12)20-18(21)14-4-2-3-5-17(14)24-13-8-9-25(22,23)11-13/h2-7,10,13H,8-9,11H2,1H3,(H,20,21)/t13-/m0/s1. The lowest BCUT2D eigenvalue weighted by Crippen LogP contribution is -2.14. The molecule has 3 rings (SSSR count). The first-order chi connectivity index (χ1) is 11.8. The van der Waals surface area contributed by atoms with E-state index in [9.17, 15) is 13.2 Å². The molecule has 0 unspecified atom stereocenters. The third kappa shape index (κ3) is 4.57. The quantitative estimate of drug-likeness (QED) is 0.843. The van der Waals surface area contributed by atoms with Crippen molar-refractivity contribution < 1.29 is 13.2 Å². The molecule has 0 saturated carbocycles. The smallest absolute Gasteiger partial charge is 0.256 e. The van der Waals surface area contributed by atoms with E-state index in [0.717, 1.165) is 10.5 Å². The van der Waals surface area contributed by atoms with Crippen LogP contribution in [0.4, 0.5) is 5.69 Å². The molecule has 1 aliphatic heterocycles. The molecule has 1 saturated heterocycles. The number of carbonyl (C=O) groups is 1. The summed E-state index contributed by atoms with van der Waals surface area (Å²) in [6, 6.07) is 12.7. The molecule has 0 spiro atoms. The maximum Gasteiger partial charge on any atom is 0.256 e. The number of aryl methyl sites for hydroxylation is 1. The molecule has 0 aliphatic carbocycles. The molecule has 0 bridgehead atoms. The predicted octanol–water partition coefficient (Wildman–Crippen LogP) is 4.18. The number of hydrogen-bond acceptors (Lipinski definition) is 4. The molecule has 1 amide bonds. The van der Waals surface area contributed by atoms with Gasteiger partial charge in [0.1, 0.15) is 0 Å². The van der Waals surface area contributed by atoms with Crippen molar-refractivity contribution in [2.45, 2.75) is 23.5 Å². The zero-order valence-electron chi connectivity index (χ0n) is 13.7. The highest BCUT2D eigenvalue weighted by atomic mass is 35.5. The van der Waals surface area contributed by atoms with Gasteiger partial charge in [-0.2, -0.15) is 0 Å². The lowest BCUT2D eigenvalue weighted by atomic mass is 10.2. The number of nitrogens with one attached hydrogen (secondary N) is 1. The maximum atomic E-state index is 12.7.